The molecule has 4 heteroatoms. The molecular formula is C11H9N4+. The SMILES string of the molecule is N#Cc1cc(N)cc(-[n+]2cccnc2)c1. The van der Waals surface area contributed by atoms with Crippen LogP contribution < -0.4 is 10.3 Å². The Bertz CT molecular complexity index is 514. The number of nitriles is 1. The van der Waals surface area contributed by atoms with Crippen molar-refractivity contribution in [3.63, 3.8) is 0 Å². The van der Waals surface area contributed by atoms with Crippen LogP contribution in [0.4, 0.5) is 5.69 Å². The van der Waals surface area contributed by atoms with Crippen LogP contribution in [0.15, 0.2) is 43.0 Å². The maximum Gasteiger partial charge on any atom is 0.291 e. The van der Waals surface area contributed by atoms with E-state index in [1.807, 2.05) is 12.3 Å². The lowest BCUT2D eigenvalue weighted by atomic mass is 10.2. The predicted molar refractivity (Wildman–Crippen MR) is 54.9 cm³/mol. The lowest BCUT2D eigenvalue weighted by molar-refractivity contribution is -0.599. The van der Waals surface area contributed by atoms with Crippen LogP contribution in [0.3, 0.4) is 0 Å². The summed E-state index contributed by atoms with van der Waals surface area (Å²) in [5.41, 5.74) is 7.63. The van der Waals surface area contributed by atoms with Crippen LogP contribution in [0, 0.1) is 11.3 Å². The highest BCUT2D eigenvalue weighted by Gasteiger charge is 2.04. The molecule has 1 aromatic heterocycles. The molecule has 0 aliphatic rings. The Kier molecular flexibility index (Phi) is 2.30. The van der Waals surface area contributed by atoms with Crippen LogP contribution in [-0.2, 0) is 0 Å². The minimum atomic E-state index is 0.543. The monoisotopic (exact) mass is 197 g/mol. The summed E-state index contributed by atoms with van der Waals surface area (Å²) in [5, 5.41) is 8.80. The Morgan fingerprint density at radius 2 is 2.20 bits per heavy atom. The number of hydrogen-bond donors (Lipinski definition) is 1. The second-order valence-electron chi connectivity index (χ2n) is 3.09. The van der Waals surface area contributed by atoms with E-state index in [2.05, 4.69) is 11.1 Å². The molecule has 0 unspecified atom stereocenters. The summed E-state index contributed by atoms with van der Waals surface area (Å²) >= 11 is 0. The summed E-state index contributed by atoms with van der Waals surface area (Å²) in [6.07, 6.45) is 5.20. The highest BCUT2D eigenvalue weighted by molar-refractivity contribution is 5.51. The molecule has 2 rings (SSSR count). The Hall–Kier alpha value is -2.41. The van der Waals surface area contributed by atoms with Crippen molar-refractivity contribution in [2.75, 3.05) is 5.73 Å². The van der Waals surface area contributed by atoms with Crippen molar-refractivity contribution in [3.8, 4) is 11.8 Å². The molecule has 1 heterocycles. The Balaban J connectivity index is 2.55. The number of nitrogen functional groups attached to an aromatic ring is 1. The molecule has 0 amide bonds. The summed E-state index contributed by atoms with van der Waals surface area (Å²) in [6, 6.07) is 9.07. The van der Waals surface area contributed by atoms with Gasteiger partial charge in [0.05, 0.1) is 17.8 Å². The average molecular weight is 197 g/mol. The van der Waals surface area contributed by atoms with E-state index in [0.29, 0.717) is 11.3 Å². The molecule has 15 heavy (non-hydrogen) atoms. The minimum Gasteiger partial charge on any atom is -0.399 e. The van der Waals surface area contributed by atoms with Gasteiger partial charge in [-0.25, -0.2) is 4.57 Å². The molecule has 4 nitrogen and oxygen atoms in total. The number of anilines is 1. The maximum atomic E-state index is 8.80. The lowest BCUT2D eigenvalue weighted by Crippen LogP contribution is -2.30. The maximum absolute atomic E-state index is 8.80. The molecule has 0 radical (unpaired) electrons. The van der Waals surface area contributed by atoms with Gasteiger partial charge in [-0.2, -0.15) is 5.26 Å². The fourth-order valence-corrected chi connectivity index (χ4v) is 1.33. The van der Waals surface area contributed by atoms with Gasteiger partial charge in [0.15, 0.2) is 0 Å². The second-order valence-corrected chi connectivity index (χ2v) is 3.09. The van der Waals surface area contributed by atoms with Gasteiger partial charge in [0, 0.05) is 23.9 Å². The number of nitrogens with zero attached hydrogens (tertiary/aromatic N) is 3. The van der Waals surface area contributed by atoms with Gasteiger partial charge >= 0.3 is 0 Å². The summed E-state index contributed by atoms with van der Waals surface area (Å²) in [7, 11) is 0. The van der Waals surface area contributed by atoms with Crippen molar-refractivity contribution >= 4 is 5.69 Å². The zero-order valence-corrected chi connectivity index (χ0v) is 7.96. The Morgan fingerprint density at radius 1 is 1.33 bits per heavy atom. The molecule has 0 bridgehead atoms. The number of hydrogen-bond acceptors (Lipinski definition) is 3. The van der Waals surface area contributed by atoms with E-state index in [0.717, 1.165) is 5.69 Å². The van der Waals surface area contributed by atoms with Gasteiger partial charge in [-0.15, -0.1) is 0 Å². The van der Waals surface area contributed by atoms with E-state index in [4.69, 9.17) is 11.0 Å². The third-order valence-corrected chi connectivity index (χ3v) is 1.98. The molecule has 0 fully saturated rings. The highest BCUT2D eigenvalue weighted by atomic mass is 15.0. The van der Waals surface area contributed by atoms with Crippen molar-refractivity contribution in [1.29, 1.82) is 5.26 Å². The highest BCUT2D eigenvalue weighted by Crippen LogP contribution is 2.10. The van der Waals surface area contributed by atoms with Crippen LogP contribution in [0.1, 0.15) is 5.56 Å². The number of benzene rings is 1. The van der Waals surface area contributed by atoms with Gasteiger partial charge in [0.1, 0.15) is 11.9 Å². The van der Waals surface area contributed by atoms with Crippen LogP contribution in [-0.4, -0.2) is 4.98 Å². The third kappa shape index (κ3) is 1.92. The van der Waals surface area contributed by atoms with E-state index < -0.39 is 0 Å². The molecule has 0 aliphatic carbocycles. The molecule has 72 valence electrons. The van der Waals surface area contributed by atoms with Gasteiger partial charge in [-0.3, -0.25) is 0 Å². The van der Waals surface area contributed by atoms with E-state index in [9.17, 15) is 0 Å². The average Bonchev–Trinajstić information content (AvgIpc) is 2.29. The fourth-order valence-electron chi connectivity index (χ4n) is 1.33. The van der Waals surface area contributed by atoms with Crippen LogP contribution in [0.25, 0.3) is 5.69 Å². The van der Waals surface area contributed by atoms with E-state index in [1.165, 1.54) is 0 Å². The van der Waals surface area contributed by atoms with E-state index >= 15 is 0 Å². The molecule has 2 aromatic rings. The predicted octanol–water partition coefficient (Wildman–Crippen LogP) is 0.812. The van der Waals surface area contributed by atoms with Crippen molar-refractivity contribution < 1.29 is 4.57 Å². The summed E-state index contributed by atoms with van der Waals surface area (Å²) < 4.78 is 1.80. The molecule has 0 atom stereocenters. The van der Waals surface area contributed by atoms with Crippen molar-refractivity contribution in [2.24, 2.45) is 0 Å². The second kappa shape index (κ2) is 3.76. The normalized spacial score (nSPS) is 9.53. The van der Waals surface area contributed by atoms with Crippen molar-refractivity contribution in [3.05, 3.63) is 48.5 Å². The molecule has 0 saturated carbocycles. The fraction of sp³-hybridized carbons (Fsp3) is 0. The largest absolute Gasteiger partial charge is 0.399 e. The standard InChI is InChI=1S/C11H9N4/c12-7-9-4-10(13)6-11(5-9)15-3-1-2-14-8-15/h1-6,8H,13H2/q+1. The Morgan fingerprint density at radius 3 is 2.87 bits per heavy atom. The molecule has 1 aromatic carbocycles. The first-order valence-electron chi connectivity index (χ1n) is 4.42. The van der Waals surface area contributed by atoms with Crippen molar-refractivity contribution in [2.45, 2.75) is 0 Å². The van der Waals surface area contributed by atoms with Crippen molar-refractivity contribution in [1.82, 2.24) is 4.98 Å². The molecule has 0 saturated heterocycles. The zero-order chi connectivity index (χ0) is 10.7. The van der Waals surface area contributed by atoms with Crippen LogP contribution in [0.2, 0.25) is 0 Å². The van der Waals surface area contributed by atoms with E-state index in [1.54, 1.807) is 35.3 Å². The topological polar surface area (TPSA) is 66.6 Å². The molecule has 0 spiro atoms. The van der Waals surface area contributed by atoms with Gasteiger partial charge in [-0.05, 0) is 6.07 Å². The van der Waals surface area contributed by atoms with Crippen LogP contribution in [0.5, 0.6) is 0 Å². The van der Waals surface area contributed by atoms with Crippen LogP contribution >= 0.6 is 0 Å². The van der Waals surface area contributed by atoms with Gasteiger partial charge < -0.3 is 5.73 Å². The third-order valence-electron chi connectivity index (χ3n) is 1.98. The number of nitrogens with two attached hydrogens (primary N) is 1. The first-order valence-corrected chi connectivity index (χ1v) is 4.42. The molecular weight excluding hydrogens is 188 g/mol. The Labute approximate surface area is 87.2 Å². The quantitative estimate of drug-likeness (QED) is 0.543. The minimum absolute atomic E-state index is 0.543. The molecule has 0 aliphatic heterocycles. The summed E-state index contributed by atoms with van der Waals surface area (Å²) in [4.78, 5) is 3.99. The lowest BCUT2D eigenvalue weighted by Gasteiger charge is -2.00. The van der Waals surface area contributed by atoms with E-state index in [-0.39, 0.29) is 0 Å². The molecule has 2 N–H and O–H groups in total. The summed E-state index contributed by atoms with van der Waals surface area (Å²) in [6.45, 7) is 0. The van der Waals surface area contributed by atoms with Gasteiger partial charge in [-0.1, -0.05) is 4.98 Å². The summed E-state index contributed by atoms with van der Waals surface area (Å²) in [5.74, 6) is 0. The first kappa shape index (κ1) is 9.16. The van der Waals surface area contributed by atoms with Gasteiger partial charge in [0.2, 0.25) is 0 Å². The smallest absolute Gasteiger partial charge is 0.291 e. The first-order chi connectivity index (χ1) is 7.29. The number of aromatic nitrogens is 2. The zero-order valence-electron chi connectivity index (χ0n) is 7.96. The van der Waals surface area contributed by atoms with Gasteiger partial charge in [0.25, 0.3) is 6.33 Å². The number of rotatable bonds is 1.